The Labute approximate surface area is 186 Å². The summed E-state index contributed by atoms with van der Waals surface area (Å²) in [7, 11) is 0. The molecule has 1 N–H and O–H groups in total. The monoisotopic (exact) mass is 434 g/mol. The Bertz CT molecular complexity index is 1030. The van der Waals surface area contributed by atoms with Crippen molar-refractivity contribution in [2.24, 2.45) is 0 Å². The van der Waals surface area contributed by atoms with Gasteiger partial charge in [-0.2, -0.15) is 5.26 Å². The lowest BCUT2D eigenvalue weighted by Crippen LogP contribution is -2.24. The lowest BCUT2D eigenvalue weighted by atomic mass is 9.95. The molecule has 1 aromatic heterocycles. The Kier molecular flexibility index (Phi) is 6.88. The normalized spacial score (nSPS) is 14.3. The third-order valence-electron chi connectivity index (χ3n) is 5.27. The highest BCUT2D eigenvalue weighted by Gasteiger charge is 2.20. The van der Waals surface area contributed by atoms with Crippen LogP contribution in [0, 0.1) is 11.3 Å². The van der Waals surface area contributed by atoms with E-state index in [-0.39, 0.29) is 0 Å². The molecule has 4 rings (SSSR count). The third kappa shape index (κ3) is 5.13. The Morgan fingerprint density at radius 1 is 1.00 bits per heavy atom. The topological polar surface area (TPSA) is 61.6 Å². The third-order valence-corrected chi connectivity index (χ3v) is 6.45. The van der Waals surface area contributed by atoms with Crippen molar-refractivity contribution in [3.63, 3.8) is 0 Å². The number of hydrogen-bond acceptors (Lipinski definition) is 5. The maximum Gasteiger partial charge on any atom is 0.190 e. The molecule has 152 valence electrons. The van der Waals surface area contributed by atoms with Gasteiger partial charge in [-0.1, -0.05) is 85.1 Å². The second kappa shape index (κ2) is 9.97. The Balaban J connectivity index is 1.69. The Morgan fingerprint density at radius 2 is 1.73 bits per heavy atom. The van der Waals surface area contributed by atoms with Gasteiger partial charge in [0.2, 0.25) is 0 Å². The smallest absolute Gasteiger partial charge is 0.190 e. The second-order valence-electron chi connectivity index (χ2n) is 7.45. The minimum Gasteiger partial charge on any atom is -0.366 e. The standard InChI is InChI=1S/C24H23ClN4S/c25-19-13-11-18(12-14-19)22-21(15-26)23(27-20-9-5-2-6-10-20)29-24(28-22)30-16-17-7-3-1-4-8-17/h1,3-4,7-8,11-14,20H,2,5-6,9-10,16H2,(H,27,28,29). The minimum absolute atomic E-state index is 0.353. The second-order valence-corrected chi connectivity index (χ2v) is 8.83. The summed E-state index contributed by atoms with van der Waals surface area (Å²) in [6.45, 7) is 0. The van der Waals surface area contributed by atoms with Gasteiger partial charge in [0.05, 0.1) is 5.69 Å². The van der Waals surface area contributed by atoms with E-state index in [0.717, 1.165) is 24.2 Å². The van der Waals surface area contributed by atoms with Gasteiger partial charge in [-0.15, -0.1) is 0 Å². The maximum atomic E-state index is 9.94. The summed E-state index contributed by atoms with van der Waals surface area (Å²) in [5.74, 6) is 1.41. The highest BCUT2D eigenvalue weighted by atomic mass is 35.5. The van der Waals surface area contributed by atoms with E-state index in [9.17, 15) is 5.26 Å². The first-order valence-electron chi connectivity index (χ1n) is 10.2. The van der Waals surface area contributed by atoms with E-state index in [1.807, 2.05) is 42.5 Å². The summed E-state index contributed by atoms with van der Waals surface area (Å²) >= 11 is 7.65. The van der Waals surface area contributed by atoms with Crippen molar-refractivity contribution < 1.29 is 0 Å². The lowest BCUT2D eigenvalue weighted by molar-refractivity contribution is 0.461. The first kappa shape index (κ1) is 20.7. The summed E-state index contributed by atoms with van der Waals surface area (Å²) in [6, 6.07) is 20.4. The fraction of sp³-hybridized carbons (Fsp3) is 0.292. The van der Waals surface area contributed by atoms with Gasteiger partial charge in [-0.3, -0.25) is 0 Å². The molecule has 30 heavy (non-hydrogen) atoms. The predicted molar refractivity (Wildman–Crippen MR) is 124 cm³/mol. The van der Waals surface area contributed by atoms with Crippen LogP contribution in [0.3, 0.4) is 0 Å². The molecule has 4 nitrogen and oxygen atoms in total. The van der Waals surface area contributed by atoms with Crippen LogP contribution in [0.4, 0.5) is 5.82 Å². The van der Waals surface area contributed by atoms with Gasteiger partial charge >= 0.3 is 0 Å². The summed E-state index contributed by atoms with van der Waals surface area (Å²) < 4.78 is 0. The zero-order chi connectivity index (χ0) is 20.8. The molecule has 6 heteroatoms. The van der Waals surface area contributed by atoms with E-state index >= 15 is 0 Å². The van der Waals surface area contributed by atoms with Crippen molar-refractivity contribution in [1.29, 1.82) is 5.26 Å². The van der Waals surface area contributed by atoms with Gasteiger partial charge in [-0.25, -0.2) is 9.97 Å². The van der Waals surface area contributed by atoms with Crippen LogP contribution in [0.15, 0.2) is 59.8 Å². The van der Waals surface area contributed by atoms with Crippen molar-refractivity contribution in [3.8, 4) is 17.3 Å². The molecule has 3 aromatic rings. The number of halogens is 1. The molecule has 0 saturated heterocycles. The summed E-state index contributed by atoms with van der Waals surface area (Å²) in [6.07, 6.45) is 5.92. The lowest BCUT2D eigenvalue weighted by Gasteiger charge is -2.24. The highest BCUT2D eigenvalue weighted by molar-refractivity contribution is 7.98. The van der Waals surface area contributed by atoms with E-state index < -0.39 is 0 Å². The van der Waals surface area contributed by atoms with Crippen LogP contribution < -0.4 is 5.32 Å². The average molecular weight is 435 g/mol. The van der Waals surface area contributed by atoms with Crippen LogP contribution in [-0.4, -0.2) is 16.0 Å². The average Bonchev–Trinajstić information content (AvgIpc) is 2.79. The molecule has 0 aliphatic heterocycles. The summed E-state index contributed by atoms with van der Waals surface area (Å²) in [4.78, 5) is 9.51. The molecule has 1 aliphatic carbocycles. The molecule has 0 amide bonds. The Hall–Kier alpha value is -2.55. The number of nitriles is 1. The first-order chi connectivity index (χ1) is 14.7. The van der Waals surface area contributed by atoms with Gasteiger partial charge < -0.3 is 5.32 Å². The van der Waals surface area contributed by atoms with Crippen molar-refractivity contribution in [2.45, 2.75) is 49.1 Å². The van der Waals surface area contributed by atoms with Crippen LogP contribution >= 0.6 is 23.4 Å². The molecule has 1 aliphatic rings. The molecule has 0 radical (unpaired) electrons. The van der Waals surface area contributed by atoms with E-state index in [0.29, 0.717) is 33.3 Å². The van der Waals surface area contributed by atoms with Crippen LogP contribution in [0.5, 0.6) is 0 Å². The van der Waals surface area contributed by atoms with E-state index in [2.05, 4.69) is 23.5 Å². The number of anilines is 1. The molecule has 2 aromatic carbocycles. The van der Waals surface area contributed by atoms with Gasteiger partial charge in [-0.05, 0) is 30.5 Å². The SMILES string of the molecule is N#Cc1c(NC2CCCCC2)nc(SCc2ccccc2)nc1-c1ccc(Cl)cc1. The minimum atomic E-state index is 0.353. The van der Waals surface area contributed by atoms with E-state index in [1.165, 1.54) is 24.8 Å². The number of hydrogen-bond donors (Lipinski definition) is 1. The molecule has 0 atom stereocenters. The van der Waals surface area contributed by atoms with Crippen molar-refractivity contribution in [3.05, 3.63) is 70.7 Å². The Morgan fingerprint density at radius 3 is 2.43 bits per heavy atom. The molecule has 1 saturated carbocycles. The fourth-order valence-corrected chi connectivity index (χ4v) is 4.62. The number of nitrogens with one attached hydrogen (secondary N) is 1. The van der Waals surface area contributed by atoms with E-state index in [1.54, 1.807) is 11.8 Å². The van der Waals surface area contributed by atoms with Crippen LogP contribution in [0.25, 0.3) is 11.3 Å². The number of benzene rings is 2. The van der Waals surface area contributed by atoms with E-state index in [4.69, 9.17) is 21.6 Å². The number of aromatic nitrogens is 2. The van der Waals surface area contributed by atoms with Gasteiger partial charge in [0, 0.05) is 22.4 Å². The van der Waals surface area contributed by atoms with Crippen LogP contribution in [-0.2, 0) is 5.75 Å². The largest absolute Gasteiger partial charge is 0.366 e. The highest BCUT2D eigenvalue weighted by Crippen LogP contribution is 2.32. The van der Waals surface area contributed by atoms with Gasteiger partial charge in [0.15, 0.2) is 5.16 Å². The van der Waals surface area contributed by atoms with Gasteiger partial charge in [0.1, 0.15) is 17.5 Å². The maximum absolute atomic E-state index is 9.94. The van der Waals surface area contributed by atoms with Crippen molar-refractivity contribution in [1.82, 2.24) is 9.97 Å². The van der Waals surface area contributed by atoms with Crippen molar-refractivity contribution >= 4 is 29.2 Å². The molecule has 1 fully saturated rings. The van der Waals surface area contributed by atoms with Crippen LogP contribution in [0.2, 0.25) is 5.02 Å². The molecular formula is C24H23ClN4S. The number of nitrogens with zero attached hydrogens (tertiary/aromatic N) is 3. The van der Waals surface area contributed by atoms with Crippen LogP contribution in [0.1, 0.15) is 43.2 Å². The zero-order valence-electron chi connectivity index (χ0n) is 16.6. The quantitative estimate of drug-likeness (QED) is 0.345. The molecule has 0 unspecified atom stereocenters. The summed E-state index contributed by atoms with van der Waals surface area (Å²) in [5.41, 5.74) is 3.22. The molecule has 0 bridgehead atoms. The fourth-order valence-electron chi connectivity index (χ4n) is 3.69. The number of rotatable bonds is 6. The van der Waals surface area contributed by atoms with Crippen molar-refractivity contribution in [2.75, 3.05) is 5.32 Å². The number of thioether (sulfide) groups is 1. The van der Waals surface area contributed by atoms with Gasteiger partial charge in [0.25, 0.3) is 0 Å². The molecule has 1 heterocycles. The molecule has 0 spiro atoms. The predicted octanol–water partition coefficient (Wildman–Crippen LogP) is 6.71. The summed E-state index contributed by atoms with van der Waals surface area (Å²) in [5, 5.41) is 14.8. The zero-order valence-corrected chi connectivity index (χ0v) is 18.2. The first-order valence-corrected chi connectivity index (χ1v) is 11.6. The molecular weight excluding hydrogens is 412 g/mol.